The second-order valence-corrected chi connectivity index (χ2v) is 7.11. The minimum Gasteiger partial charge on any atom is -0.396 e. The van der Waals surface area contributed by atoms with E-state index in [-0.39, 0.29) is 6.61 Å². The number of hydrogen-bond acceptors (Lipinski definition) is 5. The van der Waals surface area contributed by atoms with Crippen LogP contribution in [0.15, 0.2) is 61.1 Å². The number of aromatic nitrogens is 3. The van der Waals surface area contributed by atoms with Gasteiger partial charge in [-0.3, -0.25) is 4.98 Å². The number of benzene rings is 1. The fraction of sp³-hybridized carbons (Fsp3) is 0.300. The highest BCUT2D eigenvalue weighted by Gasteiger charge is 2.12. The Kier molecular flexibility index (Phi) is 7.25. The molecule has 2 heterocycles. The zero-order valence-electron chi connectivity index (χ0n) is 14.7. The van der Waals surface area contributed by atoms with Crippen molar-refractivity contribution in [2.24, 2.45) is 0 Å². The molecule has 0 atom stereocenters. The van der Waals surface area contributed by atoms with Crippen molar-refractivity contribution in [2.75, 3.05) is 24.7 Å². The van der Waals surface area contributed by atoms with Crippen LogP contribution in [-0.4, -0.2) is 44.5 Å². The Morgan fingerprint density at radius 2 is 1.85 bits per heavy atom. The highest BCUT2D eigenvalue weighted by molar-refractivity contribution is 7.99. The van der Waals surface area contributed by atoms with Crippen LogP contribution in [0.1, 0.15) is 12.0 Å². The van der Waals surface area contributed by atoms with Gasteiger partial charge in [-0.05, 0) is 36.4 Å². The first-order valence-electron chi connectivity index (χ1n) is 8.82. The Hall–Kier alpha value is -2.15. The van der Waals surface area contributed by atoms with Crippen LogP contribution < -0.4 is 5.32 Å². The molecule has 0 radical (unpaired) electrons. The third kappa shape index (κ3) is 5.17. The Bertz CT molecular complexity index is 777. The van der Waals surface area contributed by atoms with Gasteiger partial charge < -0.3 is 10.4 Å². The number of aliphatic hydroxyl groups excluding tert-OH is 1. The number of aliphatic hydroxyl groups is 1. The van der Waals surface area contributed by atoms with Crippen molar-refractivity contribution in [1.29, 1.82) is 0 Å². The van der Waals surface area contributed by atoms with E-state index in [9.17, 15) is 0 Å². The maximum absolute atomic E-state index is 8.81. The van der Waals surface area contributed by atoms with Crippen LogP contribution >= 0.6 is 11.8 Å². The molecule has 3 rings (SSSR count). The van der Waals surface area contributed by atoms with Crippen LogP contribution in [0.3, 0.4) is 0 Å². The average molecular weight is 369 g/mol. The summed E-state index contributed by atoms with van der Waals surface area (Å²) < 4.78 is 1.93. The second kappa shape index (κ2) is 10.1. The van der Waals surface area contributed by atoms with Crippen molar-refractivity contribution in [2.45, 2.75) is 13.0 Å². The van der Waals surface area contributed by atoms with E-state index in [0.29, 0.717) is 0 Å². The lowest BCUT2D eigenvalue weighted by atomic mass is 10.1. The van der Waals surface area contributed by atoms with Crippen molar-refractivity contribution >= 4 is 11.8 Å². The molecule has 0 aliphatic rings. The van der Waals surface area contributed by atoms with Crippen LogP contribution in [0.2, 0.25) is 0 Å². The maximum atomic E-state index is 8.81. The molecule has 0 fully saturated rings. The number of thioether (sulfide) groups is 1. The van der Waals surface area contributed by atoms with Gasteiger partial charge in [0.15, 0.2) is 0 Å². The van der Waals surface area contributed by atoms with Gasteiger partial charge in [-0.2, -0.15) is 16.9 Å². The summed E-state index contributed by atoms with van der Waals surface area (Å²) in [5, 5.41) is 17.1. The number of nitrogens with one attached hydrogen (secondary N) is 1. The highest BCUT2D eigenvalue weighted by atomic mass is 32.2. The molecule has 0 saturated carbocycles. The fourth-order valence-electron chi connectivity index (χ4n) is 2.64. The molecule has 0 spiro atoms. The van der Waals surface area contributed by atoms with Crippen LogP contribution in [0.5, 0.6) is 0 Å². The van der Waals surface area contributed by atoms with Crippen LogP contribution in [-0.2, 0) is 6.54 Å². The van der Waals surface area contributed by atoms with Crippen LogP contribution in [0.25, 0.3) is 16.9 Å². The van der Waals surface area contributed by atoms with Crippen molar-refractivity contribution in [1.82, 2.24) is 20.1 Å². The Morgan fingerprint density at radius 3 is 2.62 bits per heavy atom. The third-order valence-electron chi connectivity index (χ3n) is 3.95. The summed E-state index contributed by atoms with van der Waals surface area (Å²) in [6.45, 7) is 1.97. The molecule has 1 aromatic carbocycles. The lowest BCUT2D eigenvalue weighted by molar-refractivity contribution is 0.296. The molecular formula is C20H24N4OS. The van der Waals surface area contributed by atoms with E-state index in [2.05, 4.69) is 28.6 Å². The number of pyridine rings is 1. The predicted molar refractivity (Wildman–Crippen MR) is 108 cm³/mol. The Labute approximate surface area is 158 Å². The first-order chi connectivity index (χ1) is 12.9. The zero-order chi connectivity index (χ0) is 18.0. The van der Waals surface area contributed by atoms with Crippen molar-refractivity contribution in [3.63, 3.8) is 0 Å². The first kappa shape index (κ1) is 18.6. The maximum Gasteiger partial charge on any atom is 0.0973 e. The molecule has 2 N–H and O–H groups in total. The topological polar surface area (TPSA) is 63.0 Å². The van der Waals surface area contributed by atoms with E-state index in [1.165, 1.54) is 5.56 Å². The number of nitrogens with zero attached hydrogens (tertiary/aromatic N) is 3. The minimum absolute atomic E-state index is 0.272. The molecule has 0 unspecified atom stereocenters. The average Bonchev–Trinajstić information content (AvgIpc) is 3.13. The van der Waals surface area contributed by atoms with Crippen molar-refractivity contribution in [3.05, 3.63) is 66.6 Å². The quantitative estimate of drug-likeness (QED) is 0.538. The summed E-state index contributed by atoms with van der Waals surface area (Å²) in [6.07, 6.45) is 6.55. The zero-order valence-corrected chi connectivity index (χ0v) is 15.5. The fourth-order valence-corrected chi connectivity index (χ4v) is 3.47. The van der Waals surface area contributed by atoms with Crippen molar-refractivity contribution < 1.29 is 5.11 Å². The van der Waals surface area contributed by atoms with Crippen LogP contribution in [0, 0.1) is 0 Å². The smallest absolute Gasteiger partial charge is 0.0973 e. The lowest BCUT2D eigenvalue weighted by Crippen LogP contribution is -2.17. The molecule has 26 heavy (non-hydrogen) atoms. The molecule has 3 aromatic rings. The molecule has 0 aliphatic heterocycles. The normalized spacial score (nSPS) is 11.0. The van der Waals surface area contributed by atoms with E-state index in [1.54, 1.807) is 12.4 Å². The van der Waals surface area contributed by atoms with E-state index >= 15 is 0 Å². The van der Waals surface area contributed by atoms with Gasteiger partial charge in [0.2, 0.25) is 0 Å². The van der Waals surface area contributed by atoms with Crippen LogP contribution in [0.4, 0.5) is 0 Å². The summed E-state index contributed by atoms with van der Waals surface area (Å²) in [4.78, 5) is 4.11. The van der Waals surface area contributed by atoms with Crippen molar-refractivity contribution in [3.8, 4) is 16.9 Å². The summed E-state index contributed by atoms with van der Waals surface area (Å²) in [7, 11) is 0. The predicted octanol–water partition coefficient (Wildman–Crippen LogP) is 3.14. The van der Waals surface area contributed by atoms with Gasteiger partial charge in [-0.25, -0.2) is 4.68 Å². The van der Waals surface area contributed by atoms with Gasteiger partial charge in [0.05, 0.1) is 11.4 Å². The molecular weight excluding hydrogens is 344 g/mol. The van der Waals surface area contributed by atoms with Gasteiger partial charge >= 0.3 is 0 Å². The van der Waals surface area contributed by atoms with E-state index in [4.69, 9.17) is 10.2 Å². The molecule has 6 heteroatoms. The Morgan fingerprint density at radius 1 is 1.04 bits per heavy atom. The molecule has 2 aromatic heterocycles. The SMILES string of the molecule is OCCCSCCNCc1cn(-c2ccccc2)nc1-c1ccncc1. The third-order valence-corrected chi connectivity index (χ3v) is 5.02. The van der Waals surface area contributed by atoms with Gasteiger partial charge in [0.25, 0.3) is 0 Å². The Balaban J connectivity index is 1.70. The molecule has 136 valence electrons. The molecule has 0 bridgehead atoms. The van der Waals surface area contributed by atoms with Gasteiger partial charge in [-0.15, -0.1) is 0 Å². The van der Waals surface area contributed by atoms with E-state index < -0.39 is 0 Å². The van der Waals surface area contributed by atoms with Gasteiger partial charge in [0, 0.05) is 55.2 Å². The monoisotopic (exact) mass is 368 g/mol. The van der Waals surface area contributed by atoms with E-state index in [0.717, 1.165) is 48.0 Å². The first-order valence-corrected chi connectivity index (χ1v) is 9.97. The molecule has 0 aliphatic carbocycles. The summed E-state index contributed by atoms with van der Waals surface area (Å²) in [5.74, 6) is 2.05. The lowest BCUT2D eigenvalue weighted by Gasteiger charge is -2.05. The molecule has 0 amide bonds. The largest absolute Gasteiger partial charge is 0.396 e. The minimum atomic E-state index is 0.272. The van der Waals surface area contributed by atoms with Gasteiger partial charge in [-0.1, -0.05) is 18.2 Å². The second-order valence-electron chi connectivity index (χ2n) is 5.89. The number of hydrogen-bond donors (Lipinski definition) is 2. The standard InChI is InChI=1S/C20H24N4OS/c25-12-4-13-26-14-11-22-15-18-16-24(19-5-2-1-3-6-19)23-20(18)17-7-9-21-10-8-17/h1-3,5-10,16,22,25H,4,11-15H2. The highest BCUT2D eigenvalue weighted by Crippen LogP contribution is 2.23. The number of para-hydroxylation sites is 1. The summed E-state index contributed by atoms with van der Waals surface area (Å²) in [6, 6.07) is 14.1. The number of rotatable bonds is 10. The summed E-state index contributed by atoms with van der Waals surface area (Å²) in [5.41, 5.74) is 4.27. The summed E-state index contributed by atoms with van der Waals surface area (Å²) >= 11 is 1.86. The van der Waals surface area contributed by atoms with Gasteiger partial charge in [0.1, 0.15) is 0 Å². The molecule has 0 saturated heterocycles. The van der Waals surface area contributed by atoms with E-state index in [1.807, 2.05) is 46.8 Å². The molecule has 5 nitrogen and oxygen atoms in total.